The lowest BCUT2D eigenvalue weighted by molar-refractivity contribution is -0.111. The van der Waals surface area contributed by atoms with Crippen LogP contribution in [-0.2, 0) is 4.79 Å². The number of carbonyl (C=O) groups is 1. The minimum Gasteiger partial charge on any atom is -0.295 e. The van der Waals surface area contributed by atoms with E-state index in [4.69, 9.17) is 23.2 Å². The third kappa shape index (κ3) is 3.49. The van der Waals surface area contributed by atoms with Crippen molar-refractivity contribution in [2.24, 2.45) is 5.10 Å². The first-order valence-corrected chi connectivity index (χ1v) is 9.54. The molecule has 0 fully saturated rings. The molecule has 140 valence electrons. The third-order valence-corrected chi connectivity index (χ3v) is 5.02. The van der Waals surface area contributed by atoms with Crippen LogP contribution in [0, 0.1) is 0 Å². The van der Waals surface area contributed by atoms with Crippen LogP contribution in [0.15, 0.2) is 84.0 Å². The number of Topliss-reactive ketones (excluding diaryl/α,β-unsaturated/α-hetero) is 1. The molecule has 0 saturated carbocycles. The van der Waals surface area contributed by atoms with Crippen LogP contribution in [0.25, 0.3) is 0 Å². The summed E-state index contributed by atoms with van der Waals surface area (Å²) in [7, 11) is 0. The summed E-state index contributed by atoms with van der Waals surface area (Å²) >= 11 is 12.2. The Morgan fingerprint density at radius 2 is 1.39 bits per heavy atom. The van der Waals surface area contributed by atoms with Crippen LogP contribution < -0.4 is 9.91 Å². The van der Waals surface area contributed by atoms with Crippen LogP contribution in [0.1, 0.15) is 18.7 Å². The summed E-state index contributed by atoms with van der Waals surface area (Å²) in [6, 6.07) is 24.7. The summed E-state index contributed by atoms with van der Waals surface area (Å²) in [6.07, 6.45) is -0.334. The fourth-order valence-electron chi connectivity index (χ4n) is 3.24. The normalized spacial score (nSPS) is 16.2. The molecule has 4 rings (SSSR count). The van der Waals surface area contributed by atoms with E-state index in [9.17, 15) is 4.79 Å². The predicted molar refractivity (Wildman–Crippen MR) is 115 cm³/mol. The maximum absolute atomic E-state index is 12.5. The standard InChI is InChI=1S/C22H17Cl2N3O/c1-15(28)21-25-27(20-5-3-2-4-6-20)22(16-7-9-17(23)10-8-16)26(21)19-13-11-18(24)12-14-19/h2-14,22H,1H3/t22-/m1/s1. The summed E-state index contributed by atoms with van der Waals surface area (Å²) < 4.78 is 0. The average Bonchev–Trinajstić information content (AvgIpc) is 3.11. The number of hydrogen-bond donors (Lipinski definition) is 0. The highest BCUT2D eigenvalue weighted by Gasteiger charge is 2.39. The van der Waals surface area contributed by atoms with Gasteiger partial charge in [0.25, 0.3) is 0 Å². The number of anilines is 2. The zero-order valence-electron chi connectivity index (χ0n) is 15.1. The molecule has 0 N–H and O–H groups in total. The highest BCUT2D eigenvalue weighted by atomic mass is 35.5. The van der Waals surface area contributed by atoms with E-state index in [0.717, 1.165) is 16.9 Å². The van der Waals surface area contributed by atoms with E-state index in [2.05, 4.69) is 5.10 Å². The molecule has 0 bridgehead atoms. The average molecular weight is 410 g/mol. The first kappa shape index (κ1) is 18.5. The Hall–Kier alpha value is -2.82. The Labute approximate surface area is 173 Å². The summed E-state index contributed by atoms with van der Waals surface area (Å²) in [5, 5.41) is 7.82. The lowest BCUT2D eigenvalue weighted by atomic mass is 10.1. The first-order chi connectivity index (χ1) is 13.5. The van der Waals surface area contributed by atoms with Crippen molar-refractivity contribution in [3.63, 3.8) is 0 Å². The largest absolute Gasteiger partial charge is 0.295 e. The molecule has 0 aromatic heterocycles. The molecular weight excluding hydrogens is 393 g/mol. The van der Waals surface area contributed by atoms with Crippen molar-refractivity contribution in [2.75, 3.05) is 9.91 Å². The molecular formula is C22H17Cl2N3O. The van der Waals surface area contributed by atoms with Crippen molar-refractivity contribution in [1.82, 2.24) is 0 Å². The molecule has 4 nitrogen and oxygen atoms in total. The number of ketones is 1. The minimum atomic E-state index is -0.334. The number of carbonyl (C=O) groups excluding carboxylic acids is 1. The fourth-order valence-corrected chi connectivity index (χ4v) is 3.49. The molecule has 1 aliphatic heterocycles. The number of benzene rings is 3. The van der Waals surface area contributed by atoms with Crippen LogP contribution >= 0.6 is 23.2 Å². The number of hydrogen-bond acceptors (Lipinski definition) is 4. The molecule has 6 heteroatoms. The molecule has 3 aromatic carbocycles. The quantitative estimate of drug-likeness (QED) is 0.536. The van der Waals surface area contributed by atoms with Crippen molar-refractivity contribution in [2.45, 2.75) is 13.1 Å². The Morgan fingerprint density at radius 3 is 1.96 bits per heavy atom. The van der Waals surface area contributed by atoms with E-state index in [-0.39, 0.29) is 11.9 Å². The van der Waals surface area contributed by atoms with Crippen LogP contribution in [0.3, 0.4) is 0 Å². The Balaban J connectivity index is 1.89. The van der Waals surface area contributed by atoms with Gasteiger partial charge in [-0.15, -0.1) is 5.10 Å². The molecule has 0 radical (unpaired) electrons. The van der Waals surface area contributed by atoms with Gasteiger partial charge in [0.2, 0.25) is 0 Å². The van der Waals surface area contributed by atoms with Crippen LogP contribution in [-0.4, -0.2) is 11.6 Å². The van der Waals surface area contributed by atoms with Gasteiger partial charge in [-0.1, -0.05) is 53.5 Å². The monoisotopic (exact) mass is 409 g/mol. The van der Waals surface area contributed by atoms with Gasteiger partial charge in [-0.2, -0.15) is 0 Å². The molecule has 0 unspecified atom stereocenters. The second-order valence-corrected chi connectivity index (χ2v) is 7.30. The lowest BCUT2D eigenvalue weighted by Gasteiger charge is -2.32. The van der Waals surface area contributed by atoms with Gasteiger partial charge in [0.05, 0.1) is 5.69 Å². The van der Waals surface area contributed by atoms with E-state index in [1.165, 1.54) is 6.92 Å². The fraction of sp³-hybridized carbons (Fsp3) is 0.0909. The summed E-state index contributed by atoms with van der Waals surface area (Å²) in [6.45, 7) is 1.52. The van der Waals surface area contributed by atoms with Crippen LogP contribution in [0.5, 0.6) is 0 Å². The van der Waals surface area contributed by atoms with Gasteiger partial charge in [0.1, 0.15) is 0 Å². The Bertz CT molecular complexity index is 1020. The smallest absolute Gasteiger partial charge is 0.198 e. The van der Waals surface area contributed by atoms with Crippen molar-refractivity contribution in [3.8, 4) is 0 Å². The second-order valence-electron chi connectivity index (χ2n) is 6.43. The van der Waals surface area contributed by atoms with E-state index in [0.29, 0.717) is 15.9 Å². The van der Waals surface area contributed by atoms with Gasteiger partial charge in [-0.3, -0.25) is 9.69 Å². The Morgan fingerprint density at radius 1 is 0.821 bits per heavy atom. The number of amidine groups is 1. The van der Waals surface area contributed by atoms with E-state index >= 15 is 0 Å². The second kappa shape index (κ2) is 7.66. The van der Waals surface area contributed by atoms with Crippen molar-refractivity contribution in [1.29, 1.82) is 0 Å². The molecule has 0 amide bonds. The number of halogens is 2. The van der Waals surface area contributed by atoms with E-state index in [1.54, 1.807) is 12.1 Å². The highest BCUT2D eigenvalue weighted by molar-refractivity contribution is 6.44. The SMILES string of the molecule is CC(=O)C1=NN(c2ccccc2)[C@H](c2ccc(Cl)cc2)N1c1ccc(Cl)cc1. The molecule has 1 aliphatic rings. The highest BCUT2D eigenvalue weighted by Crippen LogP contribution is 2.39. The van der Waals surface area contributed by atoms with Crippen molar-refractivity contribution in [3.05, 3.63) is 94.5 Å². The molecule has 0 spiro atoms. The molecule has 1 heterocycles. The number of para-hydroxylation sites is 1. The minimum absolute atomic E-state index is 0.118. The molecule has 1 atom stereocenters. The lowest BCUT2D eigenvalue weighted by Crippen LogP contribution is -2.37. The van der Waals surface area contributed by atoms with E-state index in [1.807, 2.05) is 76.6 Å². The third-order valence-electron chi connectivity index (χ3n) is 4.52. The summed E-state index contributed by atoms with van der Waals surface area (Å²) in [4.78, 5) is 14.4. The van der Waals surface area contributed by atoms with Gasteiger partial charge < -0.3 is 0 Å². The number of nitrogens with zero attached hydrogens (tertiary/aromatic N) is 3. The first-order valence-electron chi connectivity index (χ1n) is 8.79. The molecule has 0 saturated heterocycles. The van der Waals surface area contributed by atoms with Gasteiger partial charge in [-0.25, -0.2) is 5.01 Å². The maximum atomic E-state index is 12.5. The molecule has 28 heavy (non-hydrogen) atoms. The van der Waals surface area contributed by atoms with Crippen LogP contribution in [0.4, 0.5) is 11.4 Å². The van der Waals surface area contributed by atoms with Gasteiger partial charge in [0, 0.05) is 22.7 Å². The number of hydrazone groups is 1. The summed E-state index contributed by atoms with van der Waals surface area (Å²) in [5.41, 5.74) is 2.68. The summed E-state index contributed by atoms with van der Waals surface area (Å²) in [5.74, 6) is 0.249. The van der Waals surface area contributed by atoms with Gasteiger partial charge >= 0.3 is 0 Å². The van der Waals surface area contributed by atoms with Crippen LogP contribution in [0.2, 0.25) is 10.0 Å². The van der Waals surface area contributed by atoms with Crippen molar-refractivity contribution < 1.29 is 4.79 Å². The Kier molecular flexibility index (Phi) is 5.07. The van der Waals surface area contributed by atoms with E-state index < -0.39 is 0 Å². The predicted octanol–water partition coefficient (Wildman–Crippen LogP) is 5.92. The number of rotatable bonds is 4. The zero-order chi connectivity index (χ0) is 19.7. The zero-order valence-corrected chi connectivity index (χ0v) is 16.6. The molecule has 0 aliphatic carbocycles. The van der Waals surface area contributed by atoms with Gasteiger partial charge in [-0.05, 0) is 54.1 Å². The topological polar surface area (TPSA) is 35.9 Å². The molecule has 3 aromatic rings. The van der Waals surface area contributed by atoms with Gasteiger partial charge in [0.15, 0.2) is 17.8 Å². The van der Waals surface area contributed by atoms with Crippen molar-refractivity contribution >= 4 is 46.2 Å². The maximum Gasteiger partial charge on any atom is 0.198 e.